The van der Waals surface area contributed by atoms with Crippen LogP contribution in [0.15, 0.2) is 60.9 Å². The first kappa shape index (κ1) is 16.5. The number of carbonyl (C=O) groups is 1. The molecule has 0 bridgehead atoms. The van der Waals surface area contributed by atoms with Crippen LogP contribution in [0.3, 0.4) is 0 Å². The molecular formula is C18H19N5O2. The van der Waals surface area contributed by atoms with Crippen molar-refractivity contribution in [2.24, 2.45) is 0 Å². The number of anilines is 1. The van der Waals surface area contributed by atoms with Crippen LogP contribution >= 0.6 is 0 Å². The highest BCUT2D eigenvalue weighted by molar-refractivity contribution is 5.87. The third-order valence-electron chi connectivity index (χ3n) is 3.56. The zero-order valence-corrected chi connectivity index (χ0v) is 13.8. The maximum Gasteiger partial charge on any atom is 0.321 e. The van der Waals surface area contributed by atoms with Gasteiger partial charge in [0.2, 0.25) is 5.95 Å². The fourth-order valence-corrected chi connectivity index (χ4v) is 2.27. The molecule has 0 aliphatic rings. The van der Waals surface area contributed by atoms with Crippen LogP contribution in [0.5, 0.6) is 5.75 Å². The van der Waals surface area contributed by atoms with Crippen molar-refractivity contribution < 1.29 is 9.53 Å². The van der Waals surface area contributed by atoms with E-state index in [0.717, 1.165) is 16.9 Å². The average molecular weight is 337 g/mol. The summed E-state index contributed by atoms with van der Waals surface area (Å²) in [5.41, 5.74) is 2.08. The van der Waals surface area contributed by atoms with Crippen molar-refractivity contribution in [1.29, 1.82) is 0 Å². The number of nitrogens with zero attached hydrogens (tertiary/aromatic N) is 3. The predicted octanol–water partition coefficient (Wildman–Crippen LogP) is 2.66. The molecule has 0 saturated carbocycles. The Morgan fingerprint density at radius 1 is 1.08 bits per heavy atom. The van der Waals surface area contributed by atoms with Gasteiger partial charge in [-0.1, -0.05) is 42.5 Å². The third-order valence-corrected chi connectivity index (χ3v) is 3.56. The summed E-state index contributed by atoms with van der Waals surface area (Å²) < 4.78 is 6.78. The molecule has 0 radical (unpaired) electrons. The van der Waals surface area contributed by atoms with Crippen LogP contribution in [-0.4, -0.2) is 27.9 Å². The Labute approximate surface area is 145 Å². The van der Waals surface area contributed by atoms with Crippen molar-refractivity contribution in [3.8, 4) is 5.75 Å². The molecule has 0 aliphatic heterocycles. The fraction of sp³-hybridized carbons (Fsp3) is 0.167. The largest absolute Gasteiger partial charge is 0.497 e. The van der Waals surface area contributed by atoms with Crippen LogP contribution < -0.4 is 15.4 Å². The second kappa shape index (κ2) is 7.96. The number of urea groups is 1. The van der Waals surface area contributed by atoms with Crippen LogP contribution in [0.4, 0.5) is 10.7 Å². The first-order chi connectivity index (χ1) is 12.2. The Hall–Kier alpha value is -3.35. The van der Waals surface area contributed by atoms with Gasteiger partial charge in [-0.2, -0.15) is 0 Å². The summed E-state index contributed by atoms with van der Waals surface area (Å²) in [5, 5.41) is 9.63. The van der Waals surface area contributed by atoms with Gasteiger partial charge < -0.3 is 10.1 Å². The van der Waals surface area contributed by atoms with Gasteiger partial charge in [-0.3, -0.25) is 5.32 Å². The number of hydrogen-bond donors (Lipinski definition) is 2. The topological polar surface area (TPSA) is 81.1 Å². The van der Waals surface area contributed by atoms with Crippen LogP contribution in [-0.2, 0) is 13.1 Å². The van der Waals surface area contributed by atoms with E-state index in [9.17, 15) is 4.79 Å². The van der Waals surface area contributed by atoms with Crippen molar-refractivity contribution >= 4 is 12.0 Å². The second-order valence-corrected chi connectivity index (χ2v) is 5.41. The lowest BCUT2D eigenvalue weighted by Crippen LogP contribution is -2.28. The number of rotatable bonds is 6. The zero-order chi connectivity index (χ0) is 17.5. The molecule has 0 saturated heterocycles. The van der Waals surface area contributed by atoms with E-state index in [0.29, 0.717) is 13.1 Å². The number of benzene rings is 2. The van der Waals surface area contributed by atoms with Crippen molar-refractivity contribution in [2.75, 3.05) is 12.4 Å². The van der Waals surface area contributed by atoms with Gasteiger partial charge in [0.05, 0.1) is 13.7 Å². The normalized spacial score (nSPS) is 10.3. The van der Waals surface area contributed by atoms with Crippen molar-refractivity contribution in [3.63, 3.8) is 0 Å². The minimum Gasteiger partial charge on any atom is -0.497 e. The molecule has 3 aromatic rings. The quantitative estimate of drug-likeness (QED) is 0.724. The van der Waals surface area contributed by atoms with E-state index in [-0.39, 0.29) is 12.0 Å². The summed E-state index contributed by atoms with van der Waals surface area (Å²) in [6.07, 6.45) is 1.59. The first-order valence-electron chi connectivity index (χ1n) is 7.84. The third kappa shape index (κ3) is 4.81. The molecule has 2 aromatic carbocycles. The number of hydrogen-bond acceptors (Lipinski definition) is 4. The summed E-state index contributed by atoms with van der Waals surface area (Å²) >= 11 is 0. The van der Waals surface area contributed by atoms with Crippen LogP contribution in [0.2, 0.25) is 0 Å². The van der Waals surface area contributed by atoms with Gasteiger partial charge in [-0.25, -0.2) is 14.5 Å². The van der Waals surface area contributed by atoms with E-state index in [1.54, 1.807) is 18.1 Å². The Balaban J connectivity index is 1.49. The zero-order valence-electron chi connectivity index (χ0n) is 13.8. The molecule has 1 heterocycles. The molecule has 2 amide bonds. The molecule has 1 aromatic heterocycles. The van der Waals surface area contributed by atoms with Gasteiger partial charge >= 0.3 is 6.03 Å². The Morgan fingerprint density at radius 2 is 1.84 bits per heavy atom. The monoisotopic (exact) mass is 337 g/mol. The van der Waals surface area contributed by atoms with E-state index >= 15 is 0 Å². The highest BCUT2D eigenvalue weighted by atomic mass is 16.5. The first-order valence-corrected chi connectivity index (χ1v) is 7.84. The molecule has 7 nitrogen and oxygen atoms in total. The van der Waals surface area contributed by atoms with E-state index < -0.39 is 0 Å². The molecule has 25 heavy (non-hydrogen) atoms. The molecule has 0 fully saturated rings. The van der Waals surface area contributed by atoms with Crippen molar-refractivity contribution in [1.82, 2.24) is 20.1 Å². The molecule has 128 valence electrons. The molecule has 0 unspecified atom stereocenters. The molecule has 3 rings (SSSR count). The minimum absolute atomic E-state index is 0.267. The maximum absolute atomic E-state index is 11.9. The number of amides is 2. The Kier molecular flexibility index (Phi) is 5.26. The van der Waals surface area contributed by atoms with Gasteiger partial charge in [-0.15, -0.1) is 5.10 Å². The number of methoxy groups -OCH3 is 1. The van der Waals surface area contributed by atoms with Gasteiger partial charge in [0.1, 0.15) is 12.1 Å². The number of ether oxygens (including phenoxy) is 1. The maximum atomic E-state index is 11.9. The summed E-state index contributed by atoms with van der Waals surface area (Å²) in [7, 11) is 1.62. The highest BCUT2D eigenvalue weighted by Crippen LogP contribution is 2.11. The minimum atomic E-state index is -0.353. The van der Waals surface area contributed by atoms with Gasteiger partial charge in [0.25, 0.3) is 0 Å². The van der Waals surface area contributed by atoms with Crippen LogP contribution in [0.25, 0.3) is 0 Å². The van der Waals surface area contributed by atoms with Gasteiger partial charge in [-0.05, 0) is 23.3 Å². The van der Waals surface area contributed by atoms with Crippen LogP contribution in [0.1, 0.15) is 11.1 Å². The average Bonchev–Trinajstić information content (AvgIpc) is 3.08. The van der Waals surface area contributed by atoms with Crippen LogP contribution in [0, 0.1) is 0 Å². The fourth-order valence-electron chi connectivity index (χ4n) is 2.27. The molecule has 0 spiro atoms. The van der Waals surface area contributed by atoms with Gasteiger partial charge in [0.15, 0.2) is 0 Å². The van der Waals surface area contributed by atoms with E-state index in [2.05, 4.69) is 20.7 Å². The molecule has 2 N–H and O–H groups in total. The highest BCUT2D eigenvalue weighted by Gasteiger charge is 2.06. The number of nitrogens with one attached hydrogen (secondary N) is 2. The molecule has 0 aliphatic carbocycles. The van der Waals surface area contributed by atoms with Gasteiger partial charge in [0, 0.05) is 6.54 Å². The number of carbonyl (C=O) groups excluding carboxylic acids is 1. The lowest BCUT2D eigenvalue weighted by molar-refractivity contribution is 0.251. The predicted molar refractivity (Wildman–Crippen MR) is 94.4 cm³/mol. The SMILES string of the molecule is COc1ccc(CNC(=O)Nc2ncn(Cc3ccccc3)n2)cc1. The summed E-state index contributed by atoms with van der Waals surface area (Å²) in [6.45, 7) is 1.00. The smallest absolute Gasteiger partial charge is 0.321 e. The van der Waals surface area contributed by atoms with Crippen molar-refractivity contribution in [3.05, 3.63) is 72.1 Å². The lowest BCUT2D eigenvalue weighted by Gasteiger charge is -2.06. The molecule has 0 atom stereocenters. The standard InChI is InChI=1S/C18H19N5O2/c1-25-16-9-7-14(8-10-16)11-19-18(24)21-17-20-13-23(22-17)12-15-5-3-2-4-6-15/h2-10,13H,11-12H2,1H3,(H2,19,21,22,24). The Bertz CT molecular complexity index is 815. The molecular weight excluding hydrogens is 318 g/mol. The summed E-state index contributed by atoms with van der Waals surface area (Å²) in [4.78, 5) is 16.0. The van der Waals surface area contributed by atoms with Crippen molar-refractivity contribution in [2.45, 2.75) is 13.1 Å². The van der Waals surface area contributed by atoms with E-state index in [4.69, 9.17) is 4.74 Å². The lowest BCUT2D eigenvalue weighted by atomic mass is 10.2. The molecule has 7 heteroatoms. The summed E-state index contributed by atoms with van der Waals surface area (Å²) in [5.74, 6) is 1.05. The number of aromatic nitrogens is 3. The second-order valence-electron chi connectivity index (χ2n) is 5.41. The van der Waals surface area contributed by atoms with E-state index in [1.165, 1.54) is 0 Å². The summed E-state index contributed by atoms with van der Waals surface area (Å²) in [6, 6.07) is 17.1. The van der Waals surface area contributed by atoms with E-state index in [1.807, 2.05) is 54.6 Å². The Morgan fingerprint density at radius 3 is 2.56 bits per heavy atom.